The van der Waals surface area contributed by atoms with Gasteiger partial charge in [-0.25, -0.2) is 0 Å². The molecule has 0 aliphatic carbocycles. The number of hydrogen-bond donors (Lipinski definition) is 1. The zero-order valence-electron chi connectivity index (χ0n) is 13.6. The number of likely N-dealkylation sites (tertiary alicyclic amines) is 1. The summed E-state index contributed by atoms with van der Waals surface area (Å²) in [5, 5.41) is 0. The first-order valence-corrected chi connectivity index (χ1v) is 7.75. The van der Waals surface area contributed by atoms with E-state index in [0.29, 0.717) is 18.0 Å². The lowest BCUT2D eigenvalue weighted by Gasteiger charge is -2.38. The molecular weight excluding hydrogens is 264 g/mol. The number of ether oxygens (including phenoxy) is 2. The molecule has 0 saturated carbocycles. The first kappa shape index (κ1) is 16.1. The average Bonchev–Trinajstić information content (AvgIpc) is 2.49. The Hall–Kier alpha value is -1.26. The van der Waals surface area contributed by atoms with Gasteiger partial charge in [0, 0.05) is 18.6 Å². The van der Waals surface area contributed by atoms with Crippen LogP contribution in [-0.2, 0) is 6.42 Å². The third-order valence-electron chi connectivity index (χ3n) is 4.61. The predicted octanol–water partition coefficient (Wildman–Crippen LogP) is 2.30. The minimum Gasteiger partial charge on any atom is -0.493 e. The Morgan fingerprint density at radius 1 is 1.29 bits per heavy atom. The van der Waals surface area contributed by atoms with E-state index in [2.05, 4.69) is 30.9 Å². The molecule has 0 aromatic heterocycles. The molecule has 2 rings (SSSR count). The van der Waals surface area contributed by atoms with Gasteiger partial charge in [-0.3, -0.25) is 4.90 Å². The summed E-state index contributed by atoms with van der Waals surface area (Å²) in [5.41, 5.74) is 7.39. The van der Waals surface area contributed by atoms with Gasteiger partial charge < -0.3 is 15.2 Å². The molecule has 1 aromatic carbocycles. The van der Waals surface area contributed by atoms with Gasteiger partial charge in [0.05, 0.1) is 14.2 Å². The standard InChI is InChI=1S/C17H28N2O2/c1-12-11-19(8-7-15(12)18)13(2)9-14-5-6-16(20-3)17(10-14)21-4/h5-6,10,12-13,15H,7-9,11,18H2,1-4H3. The monoisotopic (exact) mass is 292 g/mol. The maximum absolute atomic E-state index is 6.11. The van der Waals surface area contributed by atoms with Crippen LogP contribution in [0.3, 0.4) is 0 Å². The highest BCUT2D eigenvalue weighted by atomic mass is 16.5. The molecule has 0 amide bonds. The highest BCUT2D eigenvalue weighted by Crippen LogP contribution is 2.28. The van der Waals surface area contributed by atoms with E-state index in [1.165, 1.54) is 5.56 Å². The second-order valence-electron chi connectivity index (χ2n) is 6.17. The summed E-state index contributed by atoms with van der Waals surface area (Å²) in [6.45, 7) is 6.73. The molecule has 1 aliphatic rings. The number of piperidine rings is 1. The summed E-state index contributed by atoms with van der Waals surface area (Å²) in [6.07, 6.45) is 2.11. The Morgan fingerprint density at radius 2 is 2.00 bits per heavy atom. The van der Waals surface area contributed by atoms with Crippen LogP contribution in [0, 0.1) is 5.92 Å². The summed E-state index contributed by atoms with van der Waals surface area (Å²) >= 11 is 0. The van der Waals surface area contributed by atoms with Gasteiger partial charge in [-0.2, -0.15) is 0 Å². The van der Waals surface area contributed by atoms with Crippen LogP contribution < -0.4 is 15.2 Å². The van der Waals surface area contributed by atoms with E-state index < -0.39 is 0 Å². The molecule has 3 unspecified atom stereocenters. The van der Waals surface area contributed by atoms with Crippen molar-refractivity contribution in [2.75, 3.05) is 27.3 Å². The minimum atomic E-state index is 0.356. The van der Waals surface area contributed by atoms with E-state index in [-0.39, 0.29) is 0 Å². The molecule has 21 heavy (non-hydrogen) atoms. The van der Waals surface area contributed by atoms with Crippen molar-refractivity contribution in [1.29, 1.82) is 0 Å². The molecule has 118 valence electrons. The molecule has 3 atom stereocenters. The van der Waals surface area contributed by atoms with Crippen LogP contribution in [0.5, 0.6) is 11.5 Å². The molecule has 1 aromatic rings. The highest BCUT2D eigenvalue weighted by Gasteiger charge is 2.26. The van der Waals surface area contributed by atoms with Crippen LogP contribution in [0.15, 0.2) is 18.2 Å². The fraction of sp³-hybridized carbons (Fsp3) is 0.647. The SMILES string of the molecule is COc1ccc(CC(C)N2CCC(N)C(C)C2)cc1OC. The lowest BCUT2D eigenvalue weighted by Crippen LogP contribution is -2.49. The smallest absolute Gasteiger partial charge is 0.160 e. The molecule has 1 saturated heterocycles. The molecule has 1 fully saturated rings. The number of methoxy groups -OCH3 is 2. The fourth-order valence-corrected chi connectivity index (χ4v) is 3.07. The highest BCUT2D eigenvalue weighted by molar-refractivity contribution is 5.43. The van der Waals surface area contributed by atoms with Crippen molar-refractivity contribution in [3.05, 3.63) is 23.8 Å². The molecule has 1 heterocycles. The van der Waals surface area contributed by atoms with Gasteiger partial charge in [-0.1, -0.05) is 13.0 Å². The molecule has 0 bridgehead atoms. The van der Waals surface area contributed by atoms with E-state index in [0.717, 1.165) is 37.4 Å². The van der Waals surface area contributed by atoms with E-state index in [9.17, 15) is 0 Å². The zero-order chi connectivity index (χ0) is 15.4. The van der Waals surface area contributed by atoms with Crippen molar-refractivity contribution in [3.8, 4) is 11.5 Å². The summed E-state index contributed by atoms with van der Waals surface area (Å²) < 4.78 is 10.7. The van der Waals surface area contributed by atoms with Crippen LogP contribution in [-0.4, -0.2) is 44.3 Å². The van der Waals surface area contributed by atoms with Crippen LogP contribution in [0.2, 0.25) is 0 Å². The van der Waals surface area contributed by atoms with Crippen LogP contribution in [0.4, 0.5) is 0 Å². The van der Waals surface area contributed by atoms with Crippen LogP contribution >= 0.6 is 0 Å². The largest absolute Gasteiger partial charge is 0.493 e. The normalized spacial score (nSPS) is 24.6. The van der Waals surface area contributed by atoms with Gasteiger partial charge in [-0.05, 0) is 49.9 Å². The van der Waals surface area contributed by atoms with Crippen molar-refractivity contribution in [1.82, 2.24) is 4.90 Å². The lowest BCUT2D eigenvalue weighted by molar-refractivity contribution is 0.123. The first-order chi connectivity index (χ1) is 10.0. The van der Waals surface area contributed by atoms with Gasteiger partial charge in [0.2, 0.25) is 0 Å². The van der Waals surface area contributed by atoms with Crippen LogP contribution in [0.1, 0.15) is 25.8 Å². The van der Waals surface area contributed by atoms with Crippen LogP contribution in [0.25, 0.3) is 0 Å². The maximum atomic E-state index is 6.11. The third kappa shape index (κ3) is 3.89. The Morgan fingerprint density at radius 3 is 2.62 bits per heavy atom. The second kappa shape index (κ2) is 7.14. The number of rotatable bonds is 5. The Bertz CT molecular complexity index is 464. The molecule has 2 N–H and O–H groups in total. The van der Waals surface area contributed by atoms with Gasteiger partial charge in [0.1, 0.15) is 0 Å². The van der Waals surface area contributed by atoms with Gasteiger partial charge >= 0.3 is 0 Å². The summed E-state index contributed by atoms with van der Waals surface area (Å²) in [6, 6.07) is 7.05. The van der Waals surface area contributed by atoms with E-state index in [4.69, 9.17) is 15.2 Å². The van der Waals surface area contributed by atoms with Crippen molar-refractivity contribution in [2.45, 2.75) is 38.8 Å². The molecule has 1 aliphatic heterocycles. The van der Waals surface area contributed by atoms with Gasteiger partial charge in [0.15, 0.2) is 11.5 Å². The van der Waals surface area contributed by atoms with Crippen molar-refractivity contribution in [2.24, 2.45) is 11.7 Å². The Balaban J connectivity index is 2.01. The molecule has 4 nitrogen and oxygen atoms in total. The molecule has 4 heteroatoms. The topological polar surface area (TPSA) is 47.7 Å². The first-order valence-electron chi connectivity index (χ1n) is 7.75. The number of benzene rings is 1. The van der Waals surface area contributed by atoms with E-state index in [1.807, 2.05) is 6.07 Å². The minimum absolute atomic E-state index is 0.356. The van der Waals surface area contributed by atoms with Crippen molar-refractivity contribution in [3.63, 3.8) is 0 Å². The zero-order valence-corrected chi connectivity index (χ0v) is 13.6. The Kier molecular flexibility index (Phi) is 5.48. The van der Waals surface area contributed by atoms with Gasteiger partial charge in [-0.15, -0.1) is 0 Å². The summed E-state index contributed by atoms with van der Waals surface area (Å²) in [4.78, 5) is 2.55. The summed E-state index contributed by atoms with van der Waals surface area (Å²) in [7, 11) is 3.34. The van der Waals surface area contributed by atoms with Gasteiger partial charge in [0.25, 0.3) is 0 Å². The lowest BCUT2D eigenvalue weighted by atomic mass is 9.93. The number of nitrogens with zero attached hydrogens (tertiary/aromatic N) is 1. The molecule has 0 spiro atoms. The third-order valence-corrected chi connectivity index (χ3v) is 4.61. The quantitative estimate of drug-likeness (QED) is 0.904. The maximum Gasteiger partial charge on any atom is 0.160 e. The Labute approximate surface area is 128 Å². The summed E-state index contributed by atoms with van der Waals surface area (Å²) in [5.74, 6) is 2.16. The molecular formula is C17H28N2O2. The predicted molar refractivity (Wildman–Crippen MR) is 86.0 cm³/mol. The number of nitrogens with two attached hydrogens (primary N) is 1. The van der Waals surface area contributed by atoms with E-state index >= 15 is 0 Å². The van der Waals surface area contributed by atoms with Crippen molar-refractivity contribution < 1.29 is 9.47 Å². The fourth-order valence-electron chi connectivity index (χ4n) is 3.07. The second-order valence-corrected chi connectivity index (χ2v) is 6.17. The molecule has 0 radical (unpaired) electrons. The van der Waals surface area contributed by atoms with E-state index in [1.54, 1.807) is 14.2 Å². The van der Waals surface area contributed by atoms with Crippen molar-refractivity contribution >= 4 is 0 Å². The number of hydrogen-bond acceptors (Lipinski definition) is 4. The average molecular weight is 292 g/mol.